The summed E-state index contributed by atoms with van der Waals surface area (Å²) in [6.45, 7) is 0. The van der Waals surface area contributed by atoms with Gasteiger partial charge in [0, 0.05) is 43.8 Å². The van der Waals surface area contributed by atoms with E-state index < -0.39 is 0 Å². The largest absolute Gasteiger partial charge is 0.308 e. The summed E-state index contributed by atoms with van der Waals surface area (Å²) in [5.41, 5.74) is 17.0. The van der Waals surface area contributed by atoms with Crippen LogP contribution in [0.2, 0.25) is 0 Å². The minimum Gasteiger partial charge on any atom is -0.308 e. The summed E-state index contributed by atoms with van der Waals surface area (Å²) < 4.78 is 4.70. The van der Waals surface area contributed by atoms with Crippen LogP contribution in [0.25, 0.3) is 111 Å². The molecule has 1 aliphatic rings. The molecule has 56 heavy (non-hydrogen) atoms. The average Bonchev–Trinajstić information content (AvgIpc) is 3.75. The molecule has 0 aliphatic carbocycles. The van der Waals surface area contributed by atoms with E-state index in [2.05, 4.69) is 191 Å². The summed E-state index contributed by atoms with van der Waals surface area (Å²) >= 11 is 0. The van der Waals surface area contributed by atoms with Gasteiger partial charge in [-0.15, -0.1) is 0 Å². The molecule has 0 bridgehead atoms. The lowest BCUT2D eigenvalue weighted by atomic mass is 9.91. The Balaban J connectivity index is 1.11. The molecule has 4 heteroatoms. The van der Waals surface area contributed by atoms with Crippen LogP contribution >= 0.6 is 0 Å². The number of aromatic nitrogens is 4. The highest BCUT2D eigenvalue weighted by molar-refractivity contribution is 6.18. The van der Waals surface area contributed by atoms with Gasteiger partial charge >= 0.3 is 0 Å². The van der Waals surface area contributed by atoms with Gasteiger partial charge in [-0.2, -0.15) is 0 Å². The zero-order valence-electron chi connectivity index (χ0n) is 30.3. The number of hydrogen-bond donors (Lipinski definition) is 0. The van der Waals surface area contributed by atoms with E-state index in [4.69, 9.17) is 9.97 Å². The molecule has 0 N–H and O–H groups in total. The lowest BCUT2D eigenvalue weighted by molar-refractivity contribution is 0.995. The van der Waals surface area contributed by atoms with Crippen molar-refractivity contribution in [2.75, 3.05) is 0 Å². The second-order valence-corrected chi connectivity index (χ2v) is 14.6. The zero-order valence-corrected chi connectivity index (χ0v) is 30.3. The van der Waals surface area contributed by atoms with E-state index in [1.165, 1.54) is 60.9 Å². The summed E-state index contributed by atoms with van der Waals surface area (Å²) in [4.78, 5) is 10.5. The number of nitrogens with zero attached hydrogens (tertiary/aromatic N) is 4. The van der Waals surface area contributed by atoms with Crippen molar-refractivity contribution >= 4 is 43.6 Å². The third kappa shape index (κ3) is 4.53. The summed E-state index contributed by atoms with van der Waals surface area (Å²) in [5, 5.41) is 4.83. The van der Waals surface area contributed by atoms with Crippen LogP contribution in [0.4, 0.5) is 0 Å². The molecule has 260 valence electrons. The molecular weight excluding hydrogens is 681 g/mol. The van der Waals surface area contributed by atoms with Crippen molar-refractivity contribution in [2.45, 2.75) is 0 Å². The predicted molar refractivity (Wildman–Crippen MR) is 231 cm³/mol. The van der Waals surface area contributed by atoms with Crippen molar-refractivity contribution in [3.63, 3.8) is 0 Å². The fourth-order valence-electron chi connectivity index (χ4n) is 8.99. The molecule has 0 radical (unpaired) electrons. The Morgan fingerprint density at radius 1 is 0.304 bits per heavy atom. The first-order chi connectivity index (χ1) is 27.8. The van der Waals surface area contributed by atoms with Crippen molar-refractivity contribution in [2.24, 2.45) is 0 Å². The number of hydrogen-bond acceptors (Lipinski definition) is 2. The average molecular weight is 713 g/mol. The molecular formula is C52H32N4. The molecule has 8 aromatic carbocycles. The lowest BCUT2D eigenvalue weighted by Gasteiger charge is -2.13. The quantitative estimate of drug-likeness (QED) is 0.182. The van der Waals surface area contributed by atoms with E-state index in [0.29, 0.717) is 5.95 Å². The van der Waals surface area contributed by atoms with Crippen LogP contribution in [0.15, 0.2) is 194 Å². The van der Waals surface area contributed by atoms with Gasteiger partial charge in [0.25, 0.3) is 0 Å². The van der Waals surface area contributed by atoms with Crippen molar-refractivity contribution in [3.8, 4) is 67.5 Å². The molecule has 0 fully saturated rings. The SMILES string of the molecule is c1ccc(-c2cc(-c3ccccc3)nc(-n3c4ccccc4c4cc(-c5cc6c7c(c5)c5ccccc5n7-c5ccccc5-c5ccccc5-6)ccc43)n2)cc1. The van der Waals surface area contributed by atoms with E-state index in [1.807, 2.05) is 12.1 Å². The van der Waals surface area contributed by atoms with Crippen LogP contribution in [-0.2, 0) is 0 Å². The van der Waals surface area contributed by atoms with Gasteiger partial charge in [-0.3, -0.25) is 4.57 Å². The topological polar surface area (TPSA) is 35.6 Å². The fourth-order valence-corrected chi connectivity index (χ4v) is 8.99. The van der Waals surface area contributed by atoms with Gasteiger partial charge in [-0.05, 0) is 70.8 Å². The van der Waals surface area contributed by atoms with Gasteiger partial charge in [-0.25, -0.2) is 9.97 Å². The third-order valence-electron chi connectivity index (χ3n) is 11.5. The number of fused-ring (bicyclic) bond motifs is 11. The normalized spacial score (nSPS) is 11.9. The molecule has 3 aromatic heterocycles. The molecule has 4 nitrogen and oxygen atoms in total. The summed E-state index contributed by atoms with van der Waals surface area (Å²) in [6.07, 6.45) is 0. The van der Waals surface area contributed by atoms with Gasteiger partial charge < -0.3 is 4.57 Å². The Morgan fingerprint density at radius 3 is 1.52 bits per heavy atom. The highest BCUT2D eigenvalue weighted by Gasteiger charge is 2.25. The Kier molecular flexibility index (Phi) is 6.60. The van der Waals surface area contributed by atoms with Crippen LogP contribution in [0.3, 0.4) is 0 Å². The molecule has 12 rings (SSSR count). The number of rotatable bonds is 4. The molecule has 1 aliphatic heterocycles. The molecule has 0 saturated carbocycles. The van der Waals surface area contributed by atoms with Gasteiger partial charge in [0.05, 0.1) is 39.1 Å². The van der Waals surface area contributed by atoms with Crippen LogP contribution in [-0.4, -0.2) is 19.1 Å². The second-order valence-electron chi connectivity index (χ2n) is 14.6. The summed E-state index contributed by atoms with van der Waals surface area (Å²) in [5.74, 6) is 0.648. The molecule has 4 heterocycles. The monoisotopic (exact) mass is 712 g/mol. The summed E-state index contributed by atoms with van der Waals surface area (Å²) in [6, 6.07) is 69.7. The van der Waals surface area contributed by atoms with E-state index in [1.54, 1.807) is 0 Å². The molecule has 0 spiro atoms. The van der Waals surface area contributed by atoms with Crippen LogP contribution in [0.1, 0.15) is 0 Å². The van der Waals surface area contributed by atoms with Gasteiger partial charge in [-0.1, -0.05) is 146 Å². The summed E-state index contributed by atoms with van der Waals surface area (Å²) in [7, 11) is 0. The number of benzene rings is 8. The maximum atomic E-state index is 5.24. The van der Waals surface area contributed by atoms with Gasteiger partial charge in [0.15, 0.2) is 0 Å². The predicted octanol–water partition coefficient (Wildman–Crippen LogP) is 13.3. The molecule has 0 amide bonds. The Hall–Kier alpha value is -7.56. The van der Waals surface area contributed by atoms with Gasteiger partial charge in [0.1, 0.15) is 0 Å². The molecule has 0 saturated heterocycles. The maximum Gasteiger partial charge on any atom is 0.235 e. The van der Waals surface area contributed by atoms with Crippen LogP contribution in [0, 0.1) is 0 Å². The first-order valence-corrected chi connectivity index (χ1v) is 19.1. The standard InChI is InChI=1S/C52H32N4/c1-3-15-33(16-4-1)45-32-46(34-17-5-2-6-18-34)54-52(53-45)56-49-26-14-10-22-40(49)42-29-35(27-28-50(42)56)36-30-43-38-20-8-7-19-37(38)39-21-9-12-24-47(39)55-48-25-13-11-23-41(48)44(31-36)51(43)55/h1-32H. The highest BCUT2D eigenvalue weighted by atomic mass is 15.2. The van der Waals surface area contributed by atoms with Crippen molar-refractivity contribution in [1.82, 2.24) is 19.1 Å². The Morgan fingerprint density at radius 2 is 0.821 bits per heavy atom. The third-order valence-corrected chi connectivity index (χ3v) is 11.5. The first kappa shape index (κ1) is 30.9. The second kappa shape index (κ2) is 12.0. The van der Waals surface area contributed by atoms with Gasteiger partial charge in [0.2, 0.25) is 5.95 Å². The maximum absolute atomic E-state index is 5.24. The Labute approximate surface area is 323 Å². The van der Waals surface area contributed by atoms with E-state index >= 15 is 0 Å². The van der Waals surface area contributed by atoms with E-state index in [9.17, 15) is 0 Å². The first-order valence-electron chi connectivity index (χ1n) is 19.1. The molecule has 11 aromatic rings. The lowest BCUT2D eigenvalue weighted by Crippen LogP contribution is -2.03. The van der Waals surface area contributed by atoms with Crippen molar-refractivity contribution in [1.29, 1.82) is 0 Å². The molecule has 0 unspecified atom stereocenters. The minimum absolute atomic E-state index is 0.648. The fraction of sp³-hybridized carbons (Fsp3) is 0. The minimum atomic E-state index is 0.648. The number of para-hydroxylation sites is 3. The Bertz CT molecular complexity index is 3300. The van der Waals surface area contributed by atoms with E-state index in [-0.39, 0.29) is 0 Å². The highest BCUT2D eigenvalue weighted by Crippen LogP contribution is 2.48. The van der Waals surface area contributed by atoms with Crippen LogP contribution < -0.4 is 0 Å². The smallest absolute Gasteiger partial charge is 0.235 e. The van der Waals surface area contributed by atoms with E-state index in [0.717, 1.165) is 44.3 Å². The van der Waals surface area contributed by atoms with Crippen molar-refractivity contribution < 1.29 is 0 Å². The van der Waals surface area contributed by atoms with Crippen LogP contribution in [0.5, 0.6) is 0 Å². The molecule has 0 atom stereocenters. The zero-order chi connectivity index (χ0) is 36.7. The van der Waals surface area contributed by atoms with Crippen molar-refractivity contribution in [3.05, 3.63) is 194 Å².